The van der Waals surface area contributed by atoms with E-state index in [2.05, 4.69) is 15.9 Å². The van der Waals surface area contributed by atoms with Gasteiger partial charge in [0.2, 0.25) is 0 Å². The highest BCUT2D eigenvalue weighted by Crippen LogP contribution is 2.26. The zero-order valence-electron chi connectivity index (χ0n) is 5.44. The van der Waals surface area contributed by atoms with Gasteiger partial charge in [0, 0.05) is 10.4 Å². The number of phenolic OH excluding ortho intramolecular Hbond substituents is 1. The van der Waals surface area contributed by atoms with Gasteiger partial charge >= 0.3 is 0 Å². The van der Waals surface area contributed by atoms with Crippen LogP contribution in [-0.2, 0) is 5.88 Å². The van der Waals surface area contributed by atoms with E-state index in [0.29, 0.717) is 10.0 Å². The molecule has 0 bridgehead atoms. The average Bonchev–Trinajstić information content (AvgIpc) is 1.97. The molecule has 0 aliphatic carbocycles. The third-order valence-corrected chi connectivity index (χ3v) is 2.29. The van der Waals surface area contributed by atoms with E-state index in [1.54, 1.807) is 0 Å². The Balaban J connectivity index is 3.21. The molecule has 0 saturated heterocycles. The molecule has 1 rings (SSSR count). The Labute approximate surface area is 76.9 Å². The SMILES string of the molecule is Oc1cc(Br)c(CCl)cc1F. The van der Waals surface area contributed by atoms with Crippen LogP contribution in [0.2, 0.25) is 0 Å². The van der Waals surface area contributed by atoms with Crippen molar-refractivity contribution in [3.63, 3.8) is 0 Å². The van der Waals surface area contributed by atoms with Crippen LogP contribution >= 0.6 is 27.5 Å². The number of alkyl halides is 1. The maximum Gasteiger partial charge on any atom is 0.165 e. The van der Waals surface area contributed by atoms with Crippen LogP contribution < -0.4 is 0 Å². The summed E-state index contributed by atoms with van der Waals surface area (Å²) < 4.78 is 13.2. The minimum absolute atomic E-state index is 0.220. The Kier molecular flexibility index (Phi) is 2.73. The van der Waals surface area contributed by atoms with Crippen molar-refractivity contribution in [2.45, 2.75) is 5.88 Å². The molecule has 4 heteroatoms. The van der Waals surface area contributed by atoms with E-state index in [9.17, 15) is 4.39 Å². The van der Waals surface area contributed by atoms with Crippen LogP contribution in [0.25, 0.3) is 0 Å². The fourth-order valence-corrected chi connectivity index (χ4v) is 1.53. The second-order valence-corrected chi connectivity index (χ2v) is 3.15. The van der Waals surface area contributed by atoms with E-state index in [0.717, 1.165) is 0 Å². The Hall–Kier alpha value is -0.280. The Bertz CT molecular complexity index is 277. The molecule has 0 aliphatic rings. The standard InChI is InChI=1S/C7H5BrClFO/c8-5-2-7(11)6(10)1-4(5)3-9/h1-2,11H,3H2. The number of rotatable bonds is 1. The molecule has 0 saturated carbocycles. The van der Waals surface area contributed by atoms with Gasteiger partial charge in [0.1, 0.15) is 0 Å². The number of halogens is 3. The molecular weight excluding hydrogens is 234 g/mol. The zero-order valence-corrected chi connectivity index (χ0v) is 7.78. The lowest BCUT2D eigenvalue weighted by molar-refractivity contribution is 0.431. The fourth-order valence-electron chi connectivity index (χ4n) is 0.680. The van der Waals surface area contributed by atoms with E-state index in [1.807, 2.05) is 0 Å². The third-order valence-electron chi connectivity index (χ3n) is 1.26. The molecule has 1 aromatic carbocycles. The molecule has 0 aliphatic heterocycles. The van der Waals surface area contributed by atoms with E-state index < -0.39 is 5.82 Å². The highest BCUT2D eigenvalue weighted by molar-refractivity contribution is 9.10. The number of phenols is 1. The van der Waals surface area contributed by atoms with Crippen LogP contribution in [-0.4, -0.2) is 5.11 Å². The molecule has 0 radical (unpaired) electrons. The number of aromatic hydroxyl groups is 1. The summed E-state index contributed by atoms with van der Waals surface area (Å²) >= 11 is 8.61. The summed E-state index contributed by atoms with van der Waals surface area (Å²) in [7, 11) is 0. The summed E-state index contributed by atoms with van der Waals surface area (Å²) in [6.45, 7) is 0. The van der Waals surface area contributed by atoms with Gasteiger partial charge in [0.15, 0.2) is 11.6 Å². The van der Waals surface area contributed by atoms with Gasteiger partial charge in [0.25, 0.3) is 0 Å². The summed E-state index contributed by atoms with van der Waals surface area (Å²) in [6, 6.07) is 2.49. The van der Waals surface area contributed by atoms with Crippen LogP contribution in [0.4, 0.5) is 4.39 Å². The maximum absolute atomic E-state index is 12.6. The average molecular weight is 239 g/mol. The quantitative estimate of drug-likeness (QED) is 0.747. The monoisotopic (exact) mass is 238 g/mol. The lowest BCUT2D eigenvalue weighted by Gasteiger charge is -2.01. The topological polar surface area (TPSA) is 20.2 Å². The predicted molar refractivity (Wildman–Crippen MR) is 45.3 cm³/mol. The van der Waals surface area contributed by atoms with Crippen molar-refractivity contribution in [2.24, 2.45) is 0 Å². The fraction of sp³-hybridized carbons (Fsp3) is 0.143. The number of hydrogen-bond acceptors (Lipinski definition) is 1. The van der Waals surface area contributed by atoms with Gasteiger partial charge in [-0.3, -0.25) is 0 Å². The lowest BCUT2D eigenvalue weighted by Crippen LogP contribution is -1.84. The molecule has 0 aromatic heterocycles. The Morgan fingerprint density at radius 3 is 2.73 bits per heavy atom. The van der Waals surface area contributed by atoms with Crippen molar-refractivity contribution < 1.29 is 9.50 Å². The summed E-state index contributed by atoms with van der Waals surface area (Å²) in [5.41, 5.74) is 0.627. The second kappa shape index (κ2) is 3.41. The first-order valence-electron chi connectivity index (χ1n) is 2.88. The Morgan fingerprint density at radius 1 is 1.55 bits per heavy atom. The highest BCUT2D eigenvalue weighted by atomic mass is 79.9. The second-order valence-electron chi connectivity index (χ2n) is 2.03. The lowest BCUT2D eigenvalue weighted by atomic mass is 10.2. The first kappa shape index (κ1) is 8.81. The number of hydrogen-bond donors (Lipinski definition) is 1. The molecule has 0 unspecified atom stereocenters. The largest absolute Gasteiger partial charge is 0.505 e. The first-order chi connectivity index (χ1) is 5.15. The van der Waals surface area contributed by atoms with Crippen LogP contribution in [0, 0.1) is 5.82 Å². The summed E-state index contributed by atoms with van der Waals surface area (Å²) in [5, 5.41) is 8.87. The van der Waals surface area contributed by atoms with E-state index in [1.165, 1.54) is 12.1 Å². The minimum Gasteiger partial charge on any atom is -0.505 e. The molecule has 0 atom stereocenters. The summed E-state index contributed by atoms with van der Waals surface area (Å²) in [5.74, 6) is -0.799. The van der Waals surface area contributed by atoms with Gasteiger partial charge in [-0.25, -0.2) is 4.39 Å². The minimum atomic E-state index is -0.649. The molecule has 1 N–H and O–H groups in total. The number of benzene rings is 1. The van der Waals surface area contributed by atoms with E-state index in [-0.39, 0.29) is 11.6 Å². The molecule has 0 amide bonds. The van der Waals surface area contributed by atoms with Gasteiger partial charge in [-0.15, -0.1) is 11.6 Å². The molecule has 11 heavy (non-hydrogen) atoms. The van der Waals surface area contributed by atoms with Gasteiger partial charge in [0.05, 0.1) is 0 Å². The van der Waals surface area contributed by atoms with Crippen molar-refractivity contribution in [1.82, 2.24) is 0 Å². The molecular formula is C7H5BrClFO. The van der Waals surface area contributed by atoms with Crippen LogP contribution in [0.5, 0.6) is 5.75 Å². The molecule has 0 spiro atoms. The van der Waals surface area contributed by atoms with Gasteiger partial charge in [-0.1, -0.05) is 15.9 Å². The van der Waals surface area contributed by atoms with Gasteiger partial charge < -0.3 is 5.11 Å². The smallest absolute Gasteiger partial charge is 0.165 e. The van der Waals surface area contributed by atoms with Crippen LogP contribution in [0.3, 0.4) is 0 Å². The predicted octanol–water partition coefficient (Wildman–Crippen LogP) is 3.03. The molecule has 0 heterocycles. The molecule has 1 nitrogen and oxygen atoms in total. The van der Waals surface area contributed by atoms with E-state index >= 15 is 0 Å². The van der Waals surface area contributed by atoms with Crippen molar-refractivity contribution in [3.05, 3.63) is 28.0 Å². The normalized spacial score (nSPS) is 10.1. The van der Waals surface area contributed by atoms with Crippen molar-refractivity contribution >= 4 is 27.5 Å². The van der Waals surface area contributed by atoms with Crippen LogP contribution in [0.1, 0.15) is 5.56 Å². The van der Waals surface area contributed by atoms with Crippen LogP contribution in [0.15, 0.2) is 16.6 Å². The highest BCUT2D eigenvalue weighted by Gasteiger charge is 2.05. The van der Waals surface area contributed by atoms with Crippen molar-refractivity contribution in [3.8, 4) is 5.75 Å². The molecule has 0 fully saturated rings. The molecule has 1 aromatic rings. The van der Waals surface area contributed by atoms with E-state index in [4.69, 9.17) is 16.7 Å². The first-order valence-corrected chi connectivity index (χ1v) is 4.20. The zero-order chi connectivity index (χ0) is 8.43. The van der Waals surface area contributed by atoms with Gasteiger partial charge in [-0.2, -0.15) is 0 Å². The maximum atomic E-state index is 12.6. The third kappa shape index (κ3) is 1.84. The van der Waals surface area contributed by atoms with Crippen molar-refractivity contribution in [1.29, 1.82) is 0 Å². The summed E-state index contributed by atoms with van der Waals surface area (Å²) in [6.07, 6.45) is 0. The molecule has 60 valence electrons. The Morgan fingerprint density at radius 2 is 2.18 bits per heavy atom. The summed E-state index contributed by atoms with van der Waals surface area (Å²) in [4.78, 5) is 0. The van der Waals surface area contributed by atoms with Gasteiger partial charge in [-0.05, 0) is 17.7 Å². The van der Waals surface area contributed by atoms with Crippen molar-refractivity contribution in [2.75, 3.05) is 0 Å².